The average Bonchev–Trinajstić information content (AvgIpc) is 2.83. The standard InChI is InChI=1S/C27H34N4O/c1-4-6-7-21-8-10-22(11-9-21)27(32)28-23-12-13-25-24(19-23)20(3)18-26(29-25)31-16-14-30(5-2)15-17-31/h8-13,18-19H,4-7,14-17H2,1-3H3,(H,28,32)/p+1. The molecule has 0 atom stereocenters. The zero-order chi connectivity index (χ0) is 22.5. The maximum atomic E-state index is 12.7. The molecule has 2 N–H and O–H groups in total. The molecular weight excluding hydrogens is 396 g/mol. The van der Waals surface area contributed by atoms with Crippen molar-refractivity contribution < 1.29 is 9.69 Å². The average molecular weight is 432 g/mol. The molecule has 1 amide bonds. The van der Waals surface area contributed by atoms with Crippen LogP contribution in [0.5, 0.6) is 0 Å². The molecule has 5 nitrogen and oxygen atoms in total. The van der Waals surface area contributed by atoms with E-state index in [9.17, 15) is 4.79 Å². The summed E-state index contributed by atoms with van der Waals surface area (Å²) in [6.45, 7) is 12.2. The Morgan fingerprint density at radius 1 is 1.06 bits per heavy atom. The Bertz CT molecular complexity index is 1070. The fraction of sp³-hybridized carbons (Fsp3) is 0.407. The van der Waals surface area contributed by atoms with Crippen LogP contribution in [-0.2, 0) is 6.42 Å². The van der Waals surface area contributed by atoms with Crippen molar-refractivity contribution in [2.45, 2.75) is 40.0 Å². The Kier molecular flexibility index (Phi) is 7.05. The number of anilines is 2. The van der Waals surface area contributed by atoms with Crippen LogP contribution in [0.2, 0.25) is 0 Å². The van der Waals surface area contributed by atoms with E-state index in [1.54, 1.807) is 4.90 Å². The van der Waals surface area contributed by atoms with Gasteiger partial charge >= 0.3 is 0 Å². The van der Waals surface area contributed by atoms with E-state index in [2.05, 4.69) is 49.2 Å². The Morgan fingerprint density at radius 2 is 1.81 bits per heavy atom. The molecule has 1 saturated heterocycles. The summed E-state index contributed by atoms with van der Waals surface area (Å²) in [6.07, 6.45) is 3.41. The van der Waals surface area contributed by atoms with Crippen LogP contribution in [0.3, 0.4) is 0 Å². The molecule has 1 fully saturated rings. The van der Waals surface area contributed by atoms with Gasteiger partial charge in [0.2, 0.25) is 0 Å². The number of nitrogens with one attached hydrogen (secondary N) is 2. The van der Waals surface area contributed by atoms with Crippen LogP contribution < -0.4 is 15.1 Å². The molecule has 5 heteroatoms. The molecular formula is C27H35N4O+. The highest BCUT2D eigenvalue weighted by atomic mass is 16.1. The van der Waals surface area contributed by atoms with E-state index in [-0.39, 0.29) is 5.91 Å². The summed E-state index contributed by atoms with van der Waals surface area (Å²) in [4.78, 5) is 21.7. The molecule has 2 aromatic carbocycles. The molecule has 0 radical (unpaired) electrons. The van der Waals surface area contributed by atoms with Gasteiger partial charge in [0, 0.05) is 16.6 Å². The topological polar surface area (TPSA) is 49.7 Å². The van der Waals surface area contributed by atoms with Crippen molar-refractivity contribution in [3.63, 3.8) is 0 Å². The number of hydrogen-bond donors (Lipinski definition) is 2. The van der Waals surface area contributed by atoms with Crippen LogP contribution >= 0.6 is 0 Å². The van der Waals surface area contributed by atoms with Crippen LogP contribution in [0.25, 0.3) is 10.9 Å². The zero-order valence-corrected chi connectivity index (χ0v) is 19.6. The molecule has 3 aromatic rings. The van der Waals surface area contributed by atoms with Gasteiger partial charge in [0.15, 0.2) is 0 Å². The summed E-state index contributed by atoms with van der Waals surface area (Å²) in [6, 6.07) is 16.1. The van der Waals surface area contributed by atoms with E-state index in [0.29, 0.717) is 5.56 Å². The number of nitrogens with zero attached hydrogens (tertiary/aromatic N) is 2. The largest absolute Gasteiger partial charge is 0.345 e. The number of benzene rings is 2. The van der Waals surface area contributed by atoms with Crippen LogP contribution in [0, 0.1) is 6.92 Å². The fourth-order valence-corrected chi connectivity index (χ4v) is 4.43. The molecule has 4 rings (SSSR count). The van der Waals surface area contributed by atoms with Gasteiger partial charge in [-0.1, -0.05) is 25.5 Å². The maximum Gasteiger partial charge on any atom is 0.255 e. The Hall–Kier alpha value is -2.92. The first-order valence-corrected chi connectivity index (χ1v) is 12.0. The predicted octanol–water partition coefficient (Wildman–Crippen LogP) is 3.86. The van der Waals surface area contributed by atoms with E-state index in [0.717, 1.165) is 41.9 Å². The van der Waals surface area contributed by atoms with Crippen molar-refractivity contribution >= 4 is 28.3 Å². The second-order valence-electron chi connectivity index (χ2n) is 8.87. The number of quaternary nitrogens is 1. The van der Waals surface area contributed by atoms with E-state index in [1.807, 2.05) is 30.3 Å². The van der Waals surface area contributed by atoms with Crippen molar-refractivity contribution in [3.8, 4) is 0 Å². The molecule has 1 aliphatic heterocycles. The van der Waals surface area contributed by atoms with Gasteiger partial charge in [0.25, 0.3) is 5.91 Å². The van der Waals surface area contributed by atoms with Gasteiger partial charge in [0.05, 0.1) is 38.2 Å². The van der Waals surface area contributed by atoms with Gasteiger partial charge in [0.1, 0.15) is 5.82 Å². The molecule has 0 spiro atoms. The highest BCUT2D eigenvalue weighted by Gasteiger charge is 2.20. The Balaban J connectivity index is 1.47. The monoisotopic (exact) mass is 431 g/mol. The van der Waals surface area contributed by atoms with Crippen LogP contribution in [0.1, 0.15) is 48.2 Å². The lowest BCUT2D eigenvalue weighted by molar-refractivity contribution is -0.898. The number of amides is 1. The number of aryl methyl sites for hydroxylation is 2. The maximum absolute atomic E-state index is 12.7. The molecule has 0 saturated carbocycles. The van der Waals surface area contributed by atoms with Crippen LogP contribution in [0.4, 0.5) is 11.5 Å². The number of carbonyl (C=O) groups is 1. The lowest BCUT2D eigenvalue weighted by atomic mass is 10.1. The van der Waals surface area contributed by atoms with Crippen LogP contribution in [-0.4, -0.2) is 43.6 Å². The third-order valence-electron chi connectivity index (χ3n) is 6.59. The van der Waals surface area contributed by atoms with Gasteiger partial charge in [-0.2, -0.15) is 0 Å². The smallest absolute Gasteiger partial charge is 0.255 e. The number of piperazine rings is 1. The first kappa shape index (κ1) is 22.3. The number of rotatable bonds is 7. The van der Waals surface area contributed by atoms with Gasteiger partial charge < -0.3 is 15.1 Å². The van der Waals surface area contributed by atoms with E-state index in [4.69, 9.17) is 4.98 Å². The molecule has 2 heterocycles. The van der Waals surface area contributed by atoms with Crippen molar-refractivity contribution in [2.75, 3.05) is 42.9 Å². The third kappa shape index (κ3) is 5.10. The summed E-state index contributed by atoms with van der Waals surface area (Å²) in [5, 5.41) is 4.13. The first-order chi connectivity index (χ1) is 15.6. The quantitative estimate of drug-likeness (QED) is 0.597. The van der Waals surface area contributed by atoms with Crippen molar-refractivity contribution in [1.29, 1.82) is 0 Å². The number of carbonyl (C=O) groups excluding carboxylic acids is 1. The predicted molar refractivity (Wildman–Crippen MR) is 133 cm³/mol. The molecule has 0 aliphatic carbocycles. The normalized spacial score (nSPS) is 14.7. The molecule has 168 valence electrons. The highest BCUT2D eigenvalue weighted by Crippen LogP contribution is 2.26. The van der Waals surface area contributed by atoms with Crippen molar-refractivity contribution in [1.82, 2.24) is 4.98 Å². The number of aromatic nitrogens is 1. The number of pyridine rings is 1. The summed E-state index contributed by atoms with van der Waals surface area (Å²) in [5.41, 5.74) is 4.93. The minimum absolute atomic E-state index is 0.0788. The first-order valence-electron chi connectivity index (χ1n) is 12.0. The molecule has 0 bridgehead atoms. The minimum atomic E-state index is -0.0788. The van der Waals surface area contributed by atoms with Crippen LogP contribution in [0.15, 0.2) is 48.5 Å². The summed E-state index contributed by atoms with van der Waals surface area (Å²) >= 11 is 0. The Labute approximate surface area is 191 Å². The highest BCUT2D eigenvalue weighted by molar-refractivity contribution is 6.05. The van der Waals surface area contributed by atoms with Gasteiger partial charge in [-0.25, -0.2) is 4.98 Å². The molecule has 1 aromatic heterocycles. The second kappa shape index (κ2) is 10.1. The van der Waals surface area contributed by atoms with E-state index in [1.165, 1.54) is 43.6 Å². The fourth-order valence-electron chi connectivity index (χ4n) is 4.43. The van der Waals surface area contributed by atoms with E-state index >= 15 is 0 Å². The lowest BCUT2D eigenvalue weighted by Gasteiger charge is -2.32. The molecule has 1 aliphatic rings. The number of likely N-dealkylation sites (N-methyl/N-ethyl adjacent to an activating group) is 1. The van der Waals surface area contributed by atoms with Crippen molar-refractivity contribution in [3.05, 3.63) is 65.2 Å². The number of unbranched alkanes of at least 4 members (excludes halogenated alkanes) is 1. The molecule has 32 heavy (non-hydrogen) atoms. The van der Waals surface area contributed by atoms with Gasteiger partial charge in [-0.05, 0) is 74.2 Å². The summed E-state index contributed by atoms with van der Waals surface area (Å²) in [7, 11) is 0. The van der Waals surface area contributed by atoms with Crippen molar-refractivity contribution in [2.24, 2.45) is 0 Å². The third-order valence-corrected chi connectivity index (χ3v) is 6.59. The minimum Gasteiger partial charge on any atom is -0.345 e. The second-order valence-corrected chi connectivity index (χ2v) is 8.87. The lowest BCUT2D eigenvalue weighted by Crippen LogP contribution is -3.14. The SMILES string of the molecule is CCCCc1ccc(C(=O)Nc2ccc3nc(N4CC[NH+](CC)CC4)cc(C)c3c2)cc1. The van der Waals surface area contributed by atoms with Gasteiger partial charge in [-0.15, -0.1) is 0 Å². The summed E-state index contributed by atoms with van der Waals surface area (Å²) < 4.78 is 0. The summed E-state index contributed by atoms with van der Waals surface area (Å²) in [5.74, 6) is 0.982. The number of fused-ring (bicyclic) bond motifs is 1. The molecule has 0 unspecified atom stereocenters. The van der Waals surface area contributed by atoms with Gasteiger partial charge in [-0.3, -0.25) is 4.79 Å². The zero-order valence-electron chi connectivity index (χ0n) is 19.6. The number of hydrogen-bond acceptors (Lipinski definition) is 3. The Morgan fingerprint density at radius 3 is 2.50 bits per heavy atom. The van der Waals surface area contributed by atoms with E-state index < -0.39 is 0 Å².